The summed E-state index contributed by atoms with van der Waals surface area (Å²) in [5, 5.41) is 0. The minimum Gasteiger partial charge on any atom is -0.462 e. The number of hydrogen-bond donors (Lipinski definition) is 2. The Morgan fingerprint density at radius 2 is 1.00 bits per heavy atom. The SMILES string of the molecule is CCOC(=O)C[NH+]1CCOCCOCC[NH+](CC(=O)OCC)CCOCC1. The van der Waals surface area contributed by atoms with Gasteiger partial charge in [0.15, 0.2) is 13.1 Å². The highest BCUT2D eigenvalue weighted by atomic mass is 16.5. The average Bonchev–Trinajstić information content (AvgIpc) is 2.63. The molecule has 0 spiro atoms. The van der Waals surface area contributed by atoms with Crippen LogP contribution in [-0.4, -0.2) is 104 Å². The van der Waals surface area contributed by atoms with Crippen molar-refractivity contribution >= 4 is 11.9 Å². The monoisotopic (exact) mass is 392 g/mol. The fraction of sp³-hybridized carbons (Fsp3) is 0.889. The Balaban J connectivity index is 2.47. The van der Waals surface area contributed by atoms with Gasteiger partial charge in [0.2, 0.25) is 0 Å². The summed E-state index contributed by atoms with van der Waals surface area (Å²) in [6.45, 7) is 11.0. The van der Waals surface area contributed by atoms with Crippen molar-refractivity contribution in [3.63, 3.8) is 0 Å². The highest BCUT2D eigenvalue weighted by Crippen LogP contribution is 1.80. The lowest BCUT2D eigenvalue weighted by atomic mass is 10.4. The summed E-state index contributed by atoms with van der Waals surface area (Å²) < 4.78 is 27.0. The first-order valence-corrected chi connectivity index (χ1v) is 9.87. The van der Waals surface area contributed by atoms with Crippen LogP contribution < -0.4 is 9.80 Å². The molecular formula is C18H36N2O7+2. The molecular weight excluding hydrogens is 356 g/mol. The van der Waals surface area contributed by atoms with E-state index in [4.69, 9.17) is 23.7 Å². The largest absolute Gasteiger partial charge is 0.462 e. The zero-order valence-corrected chi connectivity index (χ0v) is 16.8. The number of carbonyl (C=O) groups is 2. The van der Waals surface area contributed by atoms with Crippen LogP contribution in [-0.2, 0) is 33.3 Å². The number of esters is 2. The summed E-state index contributed by atoms with van der Waals surface area (Å²) in [7, 11) is 0. The molecule has 0 aliphatic carbocycles. The minimum absolute atomic E-state index is 0.209. The van der Waals surface area contributed by atoms with Crippen LogP contribution in [0.5, 0.6) is 0 Å². The van der Waals surface area contributed by atoms with Gasteiger partial charge >= 0.3 is 11.9 Å². The van der Waals surface area contributed by atoms with Crippen LogP contribution in [0.15, 0.2) is 0 Å². The van der Waals surface area contributed by atoms with E-state index in [0.717, 1.165) is 9.80 Å². The molecule has 158 valence electrons. The second-order valence-corrected chi connectivity index (χ2v) is 6.30. The molecule has 2 N–H and O–H groups in total. The highest BCUT2D eigenvalue weighted by Gasteiger charge is 2.17. The second-order valence-electron chi connectivity index (χ2n) is 6.30. The average molecular weight is 392 g/mol. The van der Waals surface area contributed by atoms with Crippen molar-refractivity contribution in [1.29, 1.82) is 0 Å². The Kier molecular flexibility index (Phi) is 13.9. The van der Waals surface area contributed by atoms with E-state index in [1.54, 1.807) is 13.8 Å². The maximum Gasteiger partial charge on any atom is 0.361 e. The normalized spacial score (nSPS) is 23.6. The number of rotatable bonds is 6. The fourth-order valence-electron chi connectivity index (χ4n) is 2.73. The zero-order chi connectivity index (χ0) is 19.7. The van der Waals surface area contributed by atoms with E-state index in [1.807, 2.05) is 0 Å². The highest BCUT2D eigenvalue weighted by molar-refractivity contribution is 5.70. The Bertz CT molecular complexity index is 373. The van der Waals surface area contributed by atoms with Crippen LogP contribution in [0.25, 0.3) is 0 Å². The molecule has 0 aromatic heterocycles. The van der Waals surface area contributed by atoms with E-state index in [9.17, 15) is 9.59 Å². The summed E-state index contributed by atoms with van der Waals surface area (Å²) >= 11 is 0. The van der Waals surface area contributed by atoms with Gasteiger partial charge in [-0.2, -0.15) is 0 Å². The molecule has 1 aliphatic heterocycles. The summed E-state index contributed by atoms with van der Waals surface area (Å²) in [4.78, 5) is 25.6. The van der Waals surface area contributed by atoms with Crippen LogP contribution in [0.1, 0.15) is 13.8 Å². The predicted octanol–water partition coefficient (Wildman–Crippen LogP) is -3.05. The molecule has 1 saturated heterocycles. The smallest absolute Gasteiger partial charge is 0.361 e. The van der Waals surface area contributed by atoms with Crippen LogP contribution in [0.3, 0.4) is 0 Å². The van der Waals surface area contributed by atoms with Crippen molar-refractivity contribution < 1.29 is 43.1 Å². The lowest BCUT2D eigenvalue weighted by Gasteiger charge is -2.19. The van der Waals surface area contributed by atoms with Crippen molar-refractivity contribution in [3.05, 3.63) is 0 Å². The van der Waals surface area contributed by atoms with Gasteiger partial charge in [0.25, 0.3) is 0 Å². The lowest BCUT2D eigenvalue weighted by molar-refractivity contribution is -0.896. The lowest BCUT2D eigenvalue weighted by Crippen LogP contribution is -3.14. The third kappa shape index (κ3) is 12.7. The molecule has 0 radical (unpaired) electrons. The van der Waals surface area contributed by atoms with Gasteiger partial charge < -0.3 is 33.5 Å². The molecule has 1 fully saturated rings. The first-order valence-electron chi connectivity index (χ1n) is 9.87. The Morgan fingerprint density at radius 1 is 0.667 bits per heavy atom. The first-order chi connectivity index (χ1) is 13.2. The van der Waals surface area contributed by atoms with Crippen LogP contribution in [0.2, 0.25) is 0 Å². The zero-order valence-electron chi connectivity index (χ0n) is 16.8. The van der Waals surface area contributed by atoms with Crippen molar-refractivity contribution in [2.24, 2.45) is 0 Å². The van der Waals surface area contributed by atoms with Gasteiger partial charge in [-0.1, -0.05) is 0 Å². The van der Waals surface area contributed by atoms with Crippen molar-refractivity contribution in [2.75, 3.05) is 92.1 Å². The van der Waals surface area contributed by atoms with Gasteiger partial charge in [0, 0.05) is 0 Å². The minimum atomic E-state index is -0.209. The maximum atomic E-state index is 11.7. The molecule has 27 heavy (non-hydrogen) atoms. The first kappa shape index (κ1) is 23.8. The quantitative estimate of drug-likeness (QED) is 0.464. The molecule has 0 aromatic carbocycles. The van der Waals surface area contributed by atoms with E-state index in [1.165, 1.54) is 0 Å². The third-order valence-electron chi connectivity index (χ3n) is 4.17. The number of hydrogen-bond acceptors (Lipinski definition) is 7. The van der Waals surface area contributed by atoms with Crippen molar-refractivity contribution in [2.45, 2.75) is 13.8 Å². The molecule has 0 saturated carbocycles. The Labute approximate surface area is 161 Å². The summed E-state index contributed by atoms with van der Waals surface area (Å²) in [5.41, 5.74) is 0. The van der Waals surface area contributed by atoms with Gasteiger partial charge in [-0.15, -0.1) is 0 Å². The van der Waals surface area contributed by atoms with Crippen LogP contribution >= 0.6 is 0 Å². The number of quaternary nitrogens is 2. The third-order valence-corrected chi connectivity index (χ3v) is 4.17. The molecule has 2 unspecified atom stereocenters. The number of nitrogens with one attached hydrogen (secondary N) is 2. The van der Waals surface area contributed by atoms with E-state index >= 15 is 0 Å². The molecule has 2 atom stereocenters. The van der Waals surface area contributed by atoms with E-state index in [2.05, 4.69) is 0 Å². The summed E-state index contributed by atoms with van der Waals surface area (Å²) in [6.07, 6.45) is 0. The van der Waals surface area contributed by atoms with Gasteiger partial charge in [-0.3, -0.25) is 0 Å². The van der Waals surface area contributed by atoms with Crippen molar-refractivity contribution in [3.8, 4) is 0 Å². The summed E-state index contributed by atoms with van der Waals surface area (Å²) in [6, 6.07) is 0. The number of ether oxygens (including phenoxy) is 5. The molecule has 9 nitrogen and oxygen atoms in total. The number of carbonyl (C=O) groups excluding carboxylic acids is 2. The molecule has 1 aliphatic rings. The summed E-state index contributed by atoms with van der Waals surface area (Å²) in [5.74, 6) is -0.419. The van der Waals surface area contributed by atoms with E-state index < -0.39 is 0 Å². The van der Waals surface area contributed by atoms with Crippen molar-refractivity contribution in [1.82, 2.24) is 0 Å². The Morgan fingerprint density at radius 3 is 1.33 bits per heavy atom. The van der Waals surface area contributed by atoms with Gasteiger partial charge in [0.1, 0.15) is 26.2 Å². The molecule has 1 rings (SSSR count). The topological polar surface area (TPSA) is 89.2 Å². The maximum absolute atomic E-state index is 11.7. The molecule has 9 heteroatoms. The fourth-order valence-corrected chi connectivity index (χ4v) is 2.73. The van der Waals surface area contributed by atoms with Gasteiger partial charge in [-0.05, 0) is 13.8 Å². The molecule has 0 aromatic rings. The molecule has 0 amide bonds. The van der Waals surface area contributed by atoms with Gasteiger partial charge in [0.05, 0.1) is 52.9 Å². The molecule has 1 heterocycles. The van der Waals surface area contributed by atoms with E-state index in [0.29, 0.717) is 92.1 Å². The Hall–Kier alpha value is -1.26. The van der Waals surface area contributed by atoms with E-state index in [-0.39, 0.29) is 11.9 Å². The van der Waals surface area contributed by atoms with Crippen LogP contribution in [0.4, 0.5) is 0 Å². The molecule has 0 bridgehead atoms. The predicted molar refractivity (Wildman–Crippen MR) is 96.9 cm³/mol. The van der Waals surface area contributed by atoms with Gasteiger partial charge in [-0.25, -0.2) is 9.59 Å². The van der Waals surface area contributed by atoms with Crippen LogP contribution in [0, 0.1) is 0 Å². The standard InChI is InChI=1S/C18H34N2O7/c1-3-26-17(21)15-19-5-9-23-10-6-20(16-18(22)27-4-2)8-12-25-14-13-24-11-7-19/h3-16H2,1-2H3/p+2. The second kappa shape index (κ2) is 15.8.